The van der Waals surface area contributed by atoms with Crippen molar-refractivity contribution in [3.63, 3.8) is 0 Å². The fourth-order valence-electron chi connectivity index (χ4n) is 2.66. The van der Waals surface area contributed by atoms with Crippen LogP contribution in [-0.4, -0.2) is 39.2 Å². The maximum Gasteiger partial charge on any atom is 0.338 e. The van der Waals surface area contributed by atoms with Gasteiger partial charge in [0.05, 0.1) is 27.6 Å². The highest BCUT2D eigenvalue weighted by Crippen LogP contribution is 2.19. The number of sulfonamides is 1. The number of aromatic carboxylic acids is 1. The summed E-state index contributed by atoms with van der Waals surface area (Å²) >= 11 is 0. The topological polar surface area (TPSA) is 147 Å². The third kappa shape index (κ3) is 3.58. The molecule has 0 radical (unpaired) electrons. The van der Waals surface area contributed by atoms with Crippen molar-refractivity contribution >= 4 is 32.6 Å². The van der Waals surface area contributed by atoms with E-state index in [1.54, 1.807) is 18.2 Å². The van der Waals surface area contributed by atoms with Crippen molar-refractivity contribution in [2.24, 2.45) is 0 Å². The van der Waals surface area contributed by atoms with Crippen LogP contribution in [0.15, 0.2) is 70.6 Å². The number of nitrogens with zero attached hydrogens (tertiary/aromatic N) is 3. The highest BCUT2D eigenvalue weighted by molar-refractivity contribution is 7.92. The van der Waals surface area contributed by atoms with Gasteiger partial charge in [0.1, 0.15) is 0 Å². The zero-order valence-corrected chi connectivity index (χ0v) is 15.4. The Hall–Kier alpha value is -3.99. The quantitative estimate of drug-likeness (QED) is 0.452. The lowest BCUT2D eigenvalue weighted by molar-refractivity contribution is 0.0697. The molecular weight excluding hydrogens is 398 g/mol. The number of carboxylic acids is 1. The maximum absolute atomic E-state index is 12.5. The van der Waals surface area contributed by atoms with Gasteiger partial charge in [-0.2, -0.15) is 5.10 Å². The SMILES string of the molecule is O=C(O)c1cnn(-c2nc3ccc(NS(=O)(=O)c4ccccc4)cc3c(=O)[nH]2)c1. The Morgan fingerprint density at radius 1 is 1.14 bits per heavy atom. The van der Waals surface area contributed by atoms with E-state index in [9.17, 15) is 18.0 Å². The van der Waals surface area contributed by atoms with Crippen LogP contribution < -0.4 is 10.3 Å². The summed E-state index contributed by atoms with van der Waals surface area (Å²) in [6.45, 7) is 0. The molecule has 10 nitrogen and oxygen atoms in total. The molecular formula is C18H13N5O5S. The number of benzene rings is 2. The van der Waals surface area contributed by atoms with Crippen molar-refractivity contribution in [1.29, 1.82) is 0 Å². The van der Waals surface area contributed by atoms with Gasteiger partial charge in [-0.3, -0.25) is 14.5 Å². The minimum Gasteiger partial charge on any atom is -0.478 e. The molecule has 0 saturated heterocycles. The van der Waals surface area contributed by atoms with Crippen molar-refractivity contribution in [2.75, 3.05) is 4.72 Å². The minimum absolute atomic E-state index is 0.0348. The third-order valence-corrected chi connectivity index (χ3v) is 5.44. The van der Waals surface area contributed by atoms with Crippen LogP contribution in [0.3, 0.4) is 0 Å². The normalized spacial score (nSPS) is 11.4. The van der Waals surface area contributed by atoms with Gasteiger partial charge in [-0.15, -0.1) is 0 Å². The standard InChI is InChI=1S/C18H13N5O5S/c24-16-14-8-12(22-29(27,28)13-4-2-1-3-5-13)6-7-15(14)20-18(21-16)23-10-11(9-19-23)17(25)26/h1-10,22H,(H,25,26)(H,20,21,24). The Morgan fingerprint density at radius 2 is 1.90 bits per heavy atom. The molecule has 0 spiro atoms. The van der Waals surface area contributed by atoms with Crippen molar-refractivity contribution in [3.8, 4) is 5.95 Å². The van der Waals surface area contributed by atoms with Crippen molar-refractivity contribution in [1.82, 2.24) is 19.7 Å². The monoisotopic (exact) mass is 411 g/mol. The van der Waals surface area contributed by atoms with Crippen LogP contribution in [0.25, 0.3) is 16.9 Å². The molecule has 2 aromatic heterocycles. The molecule has 2 heterocycles. The molecule has 29 heavy (non-hydrogen) atoms. The average Bonchev–Trinajstić information content (AvgIpc) is 3.19. The lowest BCUT2D eigenvalue weighted by Crippen LogP contribution is -2.15. The molecule has 11 heteroatoms. The van der Waals surface area contributed by atoms with E-state index in [1.807, 2.05) is 0 Å². The Labute approximate surface area is 163 Å². The number of H-pyrrole nitrogens is 1. The van der Waals surface area contributed by atoms with Crippen LogP contribution in [0.4, 0.5) is 5.69 Å². The number of nitrogens with one attached hydrogen (secondary N) is 2. The predicted molar refractivity (Wildman–Crippen MR) is 104 cm³/mol. The van der Waals surface area contributed by atoms with E-state index >= 15 is 0 Å². The molecule has 0 aliphatic heterocycles. The molecule has 0 fully saturated rings. The molecule has 0 saturated carbocycles. The van der Waals surface area contributed by atoms with Gasteiger partial charge in [0.2, 0.25) is 5.95 Å². The molecule has 0 bridgehead atoms. The van der Waals surface area contributed by atoms with Crippen LogP contribution in [0.5, 0.6) is 0 Å². The van der Waals surface area contributed by atoms with Crippen LogP contribution in [0, 0.1) is 0 Å². The highest BCUT2D eigenvalue weighted by atomic mass is 32.2. The third-order valence-electron chi connectivity index (χ3n) is 4.05. The van der Waals surface area contributed by atoms with Gasteiger partial charge < -0.3 is 5.11 Å². The molecule has 0 amide bonds. The highest BCUT2D eigenvalue weighted by Gasteiger charge is 2.15. The van der Waals surface area contributed by atoms with Crippen LogP contribution in [-0.2, 0) is 10.0 Å². The lowest BCUT2D eigenvalue weighted by atomic mass is 10.2. The summed E-state index contributed by atoms with van der Waals surface area (Å²) in [5, 5.41) is 13.0. The maximum atomic E-state index is 12.5. The number of aromatic amines is 1. The molecule has 4 rings (SSSR count). The number of carboxylic acid groups (broad SMARTS) is 1. The summed E-state index contributed by atoms with van der Waals surface area (Å²) in [5.74, 6) is -1.12. The summed E-state index contributed by atoms with van der Waals surface area (Å²) in [6.07, 6.45) is 2.35. The first-order valence-corrected chi connectivity index (χ1v) is 9.72. The summed E-state index contributed by atoms with van der Waals surface area (Å²) in [7, 11) is -3.80. The molecule has 0 atom stereocenters. The van der Waals surface area contributed by atoms with Gasteiger partial charge in [-0.05, 0) is 30.3 Å². The van der Waals surface area contributed by atoms with E-state index < -0.39 is 21.6 Å². The minimum atomic E-state index is -3.80. The van der Waals surface area contributed by atoms with Gasteiger partial charge >= 0.3 is 5.97 Å². The van der Waals surface area contributed by atoms with Gasteiger partial charge in [0.25, 0.3) is 15.6 Å². The molecule has 0 unspecified atom stereocenters. The first-order chi connectivity index (χ1) is 13.8. The fourth-order valence-corrected chi connectivity index (χ4v) is 3.73. The largest absolute Gasteiger partial charge is 0.478 e. The average molecular weight is 411 g/mol. The van der Waals surface area contributed by atoms with E-state index in [0.29, 0.717) is 5.52 Å². The number of fused-ring (bicyclic) bond motifs is 1. The second-order valence-electron chi connectivity index (χ2n) is 6.02. The molecule has 146 valence electrons. The van der Waals surface area contributed by atoms with E-state index in [1.165, 1.54) is 36.5 Å². The zero-order valence-electron chi connectivity index (χ0n) is 14.6. The Kier molecular flexibility index (Phi) is 4.35. The van der Waals surface area contributed by atoms with Crippen LogP contribution >= 0.6 is 0 Å². The summed E-state index contributed by atoms with van der Waals surface area (Å²) in [6, 6.07) is 12.2. The number of hydrogen-bond donors (Lipinski definition) is 3. The van der Waals surface area contributed by atoms with Crippen molar-refractivity contribution in [2.45, 2.75) is 4.90 Å². The molecule has 2 aromatic carbocycles. The second-order valence-corrected chi connectivity index (χ2v) is 7.70. The van der Waals surface area contributed by atoms with E-state index in [-0.39, 0.29) is 27.5 Å². The summed E-state index contributed by atoms with van der Waals surface area (Å²) in [5.41, 5.74) is -0.0935. The lowest BCUT2D eigenvalue weighted by Gasteiger charge is -2.09. The predicted octanol–water partition coefficient (Wildman–Crippen LogP) is 1.61. The number of anilines is 1. The van der Waals surface area contributed by atoms with E-state index in [0.717, 1.165) is 10.9 Å². The van der Waals surface area contributed by atoms with Crippen molar-refractivity contribution in [3.05, 3.63) is 76.8 Å². The van der Waals surface area contributed by atoms with E-state index in [4.69, 9.17) is 5.11 Å². The first kappa shape index (κ1) is 18.4. The van der Waals surface area contributed by atoms with Gasteiger partial charge in [-0.25, -0.2) is 22.9 Å². The van der Waals surface area contributed by atoms with Crippen LogP contribution in [0.1, 0.15) is 10.4 Å². The molecule has 4 aromatic rings. The van der Waals surface area contributed by atoms with Crippen LogP contribution in [0.2, 0.25) is 0 Å². The Balaban J connectivity index is 1.71. The number of hydrogen-bond acceptors (Lipinski definition) is 6. The van der Waals surface area contributed by atoms with Crippen molar-refractivity contribution < 1.29 is 18.3 Å². The molecule has 0 aliphatic rings. The Bertz CT molecular complexity index is 1390. The number of aromatic nitrogens is 4. The smallest absolute Gasteiger partial charge is 0.338 e. The van der Waals surface area contributed by atoms with Gasteiger partial charge in [0.15, 0.2) is 0 Å². The molecule has 0 aliphatic carbocycles. The van der Waals surface area contributed by atoms with E-state index in [2.05, 4.69) is 19.8 Å². The second kappa shape index (κ2) is 6.87. The Morgan fingerprint density at radius 3 is 2.59 bits per heavy atom. The zero-order chi connectivity index (χ0) is 20.6. The first-order valence-electron chi connectivity index (χ1n) is 8.24. The molecule has 3 N–H and O–H groups in total. The van der Waals surface area contributed by atoms with Gasteiger partial charge in [0, 0.05) is 11.9 Å². The van der Waals surface area contributed by atoms with Gasteiger partial charge in [-0.1, -0.05) is 18.2 Å². The number of rotatable bonds is 5. The summed E-state index contributed by atoms with van der Waals surface area (Å²) in [4.78, 5) is 30.3. The fraction of sp³-hybridized carbons (Fsp3) is 0. The number of carbonyl (C=O) groups is 1. The summed E-state index contributed by atoms with van der Waals surface area (Å²) < 4.78 is 28.5.